The fraction of sp³-hybridized carbons (Fsp3) is 0. The van der Waals surface area contributed by atoms with Crippen LogP contribution in [0.15, 0.2) is 47.8 Å². The molecule has 0 amide bonds. The SMILES string of the molecule is [c]1nc(-c2cccc3ccccc23)cs1. The predicted octanol–water partition coefficient (Wildman–Crippen LogP) is 3.76. The molecule has 0 atom stereocenters. The lowest BCUT2D eigenvalue weighted by Crippen LogP contribution is -1.80. The molecule has 0 unspecified atom stereocenters. The smallest absolute Gasteiger partial charge is 0.152 e. The van der Waals surface area contributed by atoms with E-state index in [1.807, 2.05) is 5.38 Å². The quantitative estimate of drug-likeness (QED) is 0.596. The van der Waals surface area contributed by atoms with E-state index in [2.05, 4.69) is 53.0 Å². The normalized spacial score (nSPS) is 10.7. The first kappa shape index (κ1) is 8.62. The topological polar surface area (TPSA) is 12.9 Å². The van der Waals surface area contributed by atoms with Gasteiger partial charge in [-0.05, 0) is 10.8 Å². The van der Waals surface area contributed by atoms with Crippen LogP contribution in [-0.4, -0.2) is 4.98 Å². The molecule has 15 heavy (non-hydrogen) atoms. The van der Waals surface area contributed by atoms with Crippen molar-refractivity contribution in [3.8, 4) is 11.3 Å². The first-order chi connectivity index (χ1) is 7.45. The molecule has 71 valence electrons. The van der Waals surface area contributed by atoms with Crippen LogP contribution >= 0.6 is 11.3 Å². The first-order valence-corrected chi connectivity index (χ1v) is 5.63. The summed E-state index contributed by atoms with van der Waals surface area (Å²) in [7, 11) is 0. The second-order valence-electron chi connectivity index (χ2n) is 3.35. The van der Waals surface area contributed by atoms with Gasteiger partial charge in [0.05, 0.1) is 5.69 Å². The molecule has 0 fully saturated rings. The van der Waals surface area contributed by atoms with Gasteiger partial charge < -0.3 is 0 Å². The molecule has 1 aromatic heterocycles. The summed E-state index contributed by atoms with van der Waals surface area (Å²) in [6, 6.07) is 14.7. The highest BCUT2D eigenvalue weighted by atomic mass is 32.1. The zero-order valence-corrected chi connectivity index (χ0v) is 8.79. The van der Waals surface area contributed by atoms with Crippen LogP contribution in [0.2, 0.25) is 0 Å². The van der Waals surface area contributed by atoms with Gasteiger partial charge in [0.1, 0.15) is 0 Å². The van der Waals surface area contributed by atoms with Crippen molar-refractivity contribution in [2.75, 3.05) is 0 Å². The van der Waals surface area contributed by atoms with Gasteiger partial charge in [-0.3, -0.25) is 0 Å². The molecule has 0 saturated carbocycles. The van der Waals surface area contributed by atoms with Gasteiger partial charge in [0.15, 0.2) is 5.51 Å². The van der Waals surface area contributed by atoms with Crippen LogP contribution in [0, 0.1) is 5.51 Å². The van der Waals surface area contributed by atoms with Crippen molar-refractivity contribution in [3.63, 3.8) is 0 Å². The monoisotopic (exact) mass is 210 g/mol. The maximum Gasteiger partial charge on any atom is 0.152 e. The highest BCUT2D eigenvalue weighted by molar-refractivity contribution is 7.07. The lowest BCUT2D eigenvalue weighted by atomic mass is 10.0. The standard InChI is InChI=1S/C13H8NS/c1-2-6-11-10(4-1)5-3-7-12(11)13-8-15-9-14-13/h1-8H. The Bertz CT molecular complexity index is 579. The van der Waals surface area contributed by atoms with E-state index in [-0.39, 0.29) is 0 Å². The molecule has 3 aromatic rings. The lowest BCUT2D eigenvalue weighted by molar-refractivity contribution is 1.41. The molecule has 0 spiro atoms. The maximum atomic E-state index is 4.23. The number of hydrogen-bond acceptors (Lipinski definition) is 2. The minimum atomic E-state index is 1.01. The minimum absolute atomic E-state index is 1.01. The minimum Gasteiger partial charge on any atom is -0.233 e. The molecule has 1 nitrogen and oxygen atoms in total. The molecule has 1 radical (unpaired) electrons. The zero-order valence-electron chi connectivity index (χ0n) is 7.97. The van der Waals surface area contributed by atoms with Crippen LogP contribution in [-0.2, 0) is 0 Å². The Morgan fingerprint density at radius 3 is 2.73 bits per heavy atom. The molecule has 2 aromatic carbocycles. The average Bonchev–Trinajstić information content (AvgIpc) is 2.82. The molecule has 1 heterocycles. The molecule has 0 aliphatic heterocycles. The van der Waals surface area contributed by atoms with Crippen LogP contribution < -0.4 is 0 Å². The van der Waals surface area contributed by atoms with Crippen molar-refractivity contribution >= 4 is 22.1 Å². The summed E-state index contributed by atoms with van der Waals surface area (Å²) in [6.45, 7) is 0. The Morgan fingerprint density at radius 1 is 1.00 bits per heavy atom. The van der Waals surface area contributed by atoms with E-state index in [1.54, 1.807) is 0 Å². The number of thiazole rings is 1. The van der Waals surface area contributed by atoms with E-state index in [4.69, 9.17) is 0 Å². The van der Waals surface area contributed by atoms with Gasteiger partial charge in [-0.25, -0.2) is 4.98 Å². The summed E-state index contributed by atoms with van der Waals surface area (Å²) in [5.74, 6) is 0. The van der Waals surface area contributed by atoms with Crippen molar-refractivity contribution in [3.05, 3.63) is 53.4 Å². The molecule has 2 heteroatoms. The van der Waals surface area contributed by atoms with Gasteiger partial charge >= 0.3 is 0 Å². The van der Waals surface area contributed by atoms with Crippen LogP contribution in [0.25, 0.3) is 22.0 Å². The van der Waals surface area contributed by atoms with Crippen molar-refractivity contribution in [1.82, 2.24) is 4.98 Å². The molecular formula is C13H8NS. The van der Waals surface area contributed by atoms with Crippen LogP contribution in [0.1, 0.15) is 0 Å². The average molecular weight is 210 g/mol. The Hall–Kier alpha value is -1.67. The van der Waals surface area contributed by atoms with E-state index in [0.29, 0.717) is 0 Å². The van der Waals surface area contributed by atoms with E-state index < -0.39 is 0 Å². The Morgan fingerprint density at radius 2 is 1.87 bits per heavy atom. The summed E-state index contributed by atoms with van der Waals surface area (Å²) in [5.41, 5.74) is 5.08. The number of fused-ring (bicyclic) bond motifs is 1. The van der Waals surface area contributed by atoms with Crippen molar-refractivity contribution in [2.45, 2.75) is 0 Å². The predicted molar refractivity (Wildman–Crippen MR) is 63.9 cm³/mol. The molecule has 0 aliphatic rings. The molecule has 0 saturated heterocycles. The Balaban J connectivity index is 2.36. The van der Waals surface area contributed by atoms with Gasteiger partial charge in [0, 0.05) is 10.9 Å². The van der Waals surface area contributed by atoms with Crippen molar-refractivity contribution in [1.29, 1.82) is 0 Å². The summed E-state index contributed by atoms with van der Waals surface area (Å²) < 4.78 is 0. The highest BCUT2D eigenvalue weighted by Crippen LogP contribution is 2.27. The van der Waals surface area contributed by atoms with E-state index >= 15 is 0 Å². The van der Waals surface area contributed by atoms with E-state index in [0.717, 1.165) is 5.69 Å². The third-order valence-corrected chi connectivity index (χ3v) is 2.99. The largest absolute Gasteiger partial charge is 0.233 e. The van der Waals surface area contributed by atoms with Crippen molar-refractivity contribution in [2.24, 2.45) is 0 Å². The van der Waals surface area contributed by atoms with Crippen LogP contribution in [0.4, 0.5) is 0 Å². The molecule has 0 bridgehead atoms. The Labute approximate surface area is 92.0 Å². The van der Waals surface area contributed by atoms with Crippen molar-refractivity contribution < 1.29 is 0 Å². The molecule has 0 aliphatic carbocycles. The van der Waals surface area contributed by atoms with Gasteiger partial charge in [0.2, 0.25) is 0 Å². The fourth-order valence-electron chi connectivity index (χ4n) is 1.76. The third kappa shape index (κ3) is 1.43. The number of benzene rings is 2. The highest BCUT2D eigenvalue weighted by Gasteiger charge is 2.03. The number of rotatable bonds is 1. The summed E-state index contributed by atoms with van der Waals surface area (Å²) in [6.07, 6.45) is 0. The van der Waals surface area contributed by atoms with Gasteiger partial charge in [-0.15, -0.1) is 11.3 Å². The molecule has 0 N–H and O–H groups in total. The summed E-state index contributed by atoms with van der Waals surface area (Å²) in [4.78, 5) is 4.23. The van der Waals surface area contributed by atoms with Gasteiger partial charge in [0.25, 0.3) is 0 Å². The maximum absolute atomic E-state index is 4.23. The van der Waals surface area contributed by atoms with Crippen LogP contribution in [0.3, 0.4) is 0 Å². The molecular weight excluding hydrogens is 202 g/mol. The van der Waals surface area contributed by atoms with Gasteiger partial charge in [-0.1, -0.05) is 42.5 Å². The number of nitrogens with zero attached hydrogens (tertiary/aromatic N) is 1. The number of aromatic nitrogens is 1. The third-order valence-electron chi connectivity index (χ3n) is 2.45. The summed E-state index contributed by atoms with van der Waals surface area (Å²) in [5, 5.41) is 4.53. The second-order valence-corrected chi connectivity index (χ2v) is 4.00. The second kappa shape index (κ2) is 3.48. The lowest BCUT2D eigenvalue weighted by Gasteiger charge is -2.02. The van der Waals surface area contributed by atoms with Crippen LogP contribution in [0.5, 0.6) is 0 Å². The van der Waals surface area contributed by atoms with E-state index in [9.17, 15) is 0 Å². The zero-order chi connectivity index (χ0) is 10.1. The van der Waals surface area contributed by atoms with Gasteiger partial charge in [-0.2, -0.15) is 0 Å². The fourth-order valence-corrected chi connectivity index (χ4v) is 2.25. The van der Waals surface area contributed by atoms with E-state index in [1.165, 1.54) is 27.7 Å². The number of hydrogen-bond donors (Lipinski definition) is 0. The first-order valence-electron chi connectivity index (χ1n) is 4.75. The Kier molecular flexibility index (Phi) is 2.00. The molecule has 3 rings (SSSR count). The summed E-state index contributed by atoms with van der Waals surface area (Å²) >= 11 is 1.51.